The Kier molecular flexibility index (Phi) is 7.51. The molecule has 0 N–H and O–H groups in total. The molecule has 0 heterocycles. The van der Waals surface area contributed by atoms with Gasteiger partial charge in [0.25, 0.3) is 0 Å². The third-order valence-corrected chi connectivity index (χ3v) is 1.82. The third-order valence-electron chi connectivity index (χ3n) is 1.82. The fourth-order valence-electron chi connectivity index (χ4n) is 1.29. The zero-order valence-corrected chi connectivity index (χ0v) is 11.6. The van der Waals surface area contributed by atoms with Gasteiger partial charge in [-0.3, -0.25) is 0 Å². The van der Waals surface area contributed by atoms with Gasteiger partial charge in [-0.1, -0.05) is 0 Å². The molecule has 0 aromatic carbocycles. The van der Waals surface area contributed by atoms with Crippen LogP contribution in [0.3, 0.4) is 0 Å². The Morgan fingerprint density at radius 1 is 1.06 bits per heavy atom. The Hall–Kier alpha value is -1.78. The van der Waals surface area contributed by atoms with E-state index in [9.17, 15) is 9.59 Å². The first-order valence-corrected chi connectivity index (χ1v) is 5.83. The molecule has 0 bridgehead atoms. The summed E-state index contributed by atoms with van der Waals surface area (Å²) < 4.78 is 9.66. The van der Waals surface area contributed by atoms with Gasteiger partial charge in [0.05, 0.1) is 13.2 Å². The molecule has 0 aromatic heterocycles. The molecule has 0 fully saturated rings. The molecule has 5 nitrogen and oxygen atoms in total. The Bertz CT molecular complexity index is 336. The van der Waals surface area contributed by atoms with Gasteiger partial charge in [-0.15, -0.1) is 0 Å². The maximum atomic E-state index is 11.6. The maximum Gasteiger partial charge on any atom is 0.345 e. The highest BCUT2D eigenvalue weighted by Crippen LogP contribution is 2.07. The molecule has 0 saturated heterocycles. The van der Waals surface area contributed by atoms with Crippen LogP contribution in [0.1, 0.15) is 20.8 Å². The summed E-state index contributed by atoms with van der Waals surface area (Å²) >= 11 is 0. The lowest BCUT2D eigenvalue weighted by atomic mass is 10.2. The lowest BCUT2D eigenvalue weighted by Gasteiger charge is -2.08. The Morgan fingerprint density at radius 2 is 1.50 bits per heavy atom. The molecule has 18 heavy (non-hydrogen) atoms. The monoisotopic (exact) mass is 255 g/mol. The first kappa shape index (κ1) is 16.2. The smallest absolute Gasteiger partial charge is 0.345 e. The summed E-state index contributed by atoms with van der Waals surface area (Å²) in [5.74, 6) is -1.33. The van der Waals surface area contributed by atoms with Gasteiger partial charge in [-0.2, -0.15) is 0 Å². The second kappa shape index (κ2) is 8.33. The Labute approximate surface area is 108 Å². The van der Waals surface area contributed by atoms with Crippen molar-refractivity contribution in [3.05, 3.63) is 23.4 Å². The molecular formula is C13H21NO4. The van der Waals surface area contributed by atoms with Gasteiger partial charge in [0.15, 0.2) is 0 Å². The molecule has 0 aliphatic rings. The normalized spacial score (nSPS) is 10.6. The molecule has 5 heteroatoms. The standard InChI is InChI=1S/C13H21NO4/c1-6-17-12(15)11(13(16)18-7-2)8-10(3)9-14(4)5/h8-9H,6-7H2,1-5H3/b10-9+. The fourth-order valence-corrected chi connectivity index (χ4v) is 1.29. The van der Waals surface area contributed by atoms with E-state index in [4.69, 9.17) is 9.47 Å². The predicted molar refractivity (Wildman–Crippen MR) is 68.8 cm³/mol. The molecule has 0 saturated carbocycles. The van der Waals surface area contributed by atoms with E-state index in [1.54, 1.807) is 27.0 Å². The average molecular weight is 255 g/mol. The van der Waals surface area contributed by atoms with Crippen molar-refractivity contribution in [3.8, 4) is 0 Å². The highest BCUT2D eigenvalue weighted by Gasteiger charge is 2.20. The molecule has 0 aliphatic carbocycles. The zero-order valence-electron chi connectivity index (χ0n) is 11.6. The van der Waals surface area contributed by atoms with E-state index in [0.717, 1.165) is 5.57 Å². The van der Waals surface area contributed by atoms with Gasteiger partial charge < -0.3 is 14.4 Å². The number of carbonyl (C=O) groups excluding carboxylic acids is 2. The summed E-state index contributed by atoms with van der Waals surface area (Å²) in [5, 5.41) is 0. The van der Waals surface area contributed by atoms with Crippen LogP contribution in [0.25, 0.3) is 0 Å². The number of esters is 2. The molecule has 0 amide bonds. The van der Waals surface area contributed by atoms with E-state index >= 15 is 0 Å². The number of allylic oxidation sites excluding steroid dienone is 2. The molecule has 0 radical (unpaired) electrons. The van der Waals surface area contributed by atoms with Crippen LogP contribution in [-0.4, -0.2) is 44.1 Å². The number of nitrogens with zero attached hydrogens (tertiary/aromatic N) is 1. The van der Waals surface area contributed by atoms with Gasteiger partial charge in [0.2, 0.25) is 0 Å². The molecule has 0 unspecified atom stereocenters. The van der Waals surface area contributed by atoms with Crippen LogP contribution >= 0.6 is 0 Å². The van der Waals surface area contributed by atoms with Crippen LogP contribution in [0.15, 0.2) is 23.4 Å². The van der Waals surface area contributed by atoms with Crippen molar-refractivity contribution in [3.63, 3.8) is 0 Å². The van der Waals surface area contributed by atoms with Crippen molar-refractivity contribution >= 4 is 11.9 Å². The van der Waals surface area contributed by atoms with Gasteiger partial charge in [-0.25, -0.2) is 9.59 Å². The molecular weight excluding hydrogens is 234 g/mol. The van der Waals surface area contributed by atoms with Crippen molar-refractivity contribution in [2.75, 3.05) is 27.3 Å². The maximum absolute atomic E-state index is 11.6. The summed E-state index contributed by atoms with van der Waals surface area (Å²) in [7, 11) is 3.71. The highest BCUT2D eigenvalue weighted by molar-refractivity contribution is 6.14. The number of carbonyl (C=O) groups is 2. The minimum absolute atomic E-state index is 0.0886. The summed E-state index contributed by atoms with van der Waals surface area (Å²) in [6.07, 6.45) is 3.26. The summed E-state index contributed by atoms with van der Waals surface area (Å²) in [5.41, 5.74) is 0.672. The topological polar surface area (TPSA) is 55.8 Å². The van der Waals surface area contributed by atoms with Crippen molar-refractivity contribution in [1.82, 2.24) is 4.90 Å². The Balaban J connectivity index is 5.14. The Morgan fingerprint density at radius 3 is 1.83 bits per heavy atom. The molecule has 0 rings (SSSR count). The van der Waals surface area contributed by atoms with E-state index in [1.807, 2.05) is 19.0 Å². The number of hydrogen-bond acceptors (Lipinski definition) is 5. The van der Waals surface area contributed by atoms with Crippen LogP contribution in [0.5, 0.6) is 0 Å². The fraction of sp³-hybridized carbons (Fsp3) is 0.538. The minimum Gasteiger partial charge on any atom is -0.462 e. The van der Waals surface area contributed by atoms with E-state index < -0.39 is 11.9 Å². The summed E-state index contributed by atoms with van der Waals surface area (Å²) in [6.45, 7) is 5.59. The summed E-state index contributed by atoms with van der Waals surface area (Å²) in [4.78, 5) is 25.1. The first-order chi connectivity index (χ1) is 8.42. The summed E-state index contributed by atoms with van der Waals surface area (Å²) in [6, 6.07) is 0. The SMILES string of the molecule is CCOC(=O)C(=C/C(C)=C/N(C)C)C(=O)OCC. The van der Waals surface area contributed by atoms with Crippen LogP contribution < -0.4 is 0 Å². The number of rotatable bonds is 6. The van der Waals surface area contributed by atoms with Gasteiger partial charge >= 0.3 is 11.9 Å². The van der Waals surface area contributed by atoms with Crippen molar-refractivity contribution in [1.29, 1.82) is 0 Å². The molecule has 0 aromatic rings. The van der Waals surface area contributed by atoms with Gasteiger partial charge in [0, 0.05) is 20.3 Å². The third kappa shape index (κ3) is 6.08. The van der Waals surface area contributed by atoms with Crippen molar-refractivity contribution < 1.29 is 19.1 Å². The average Bonchev–Trinajstić information content (AvgIpc) is 2.25. The van der Waals surface area contributed by atoms with Crippen LogP contribution in [-0.2, 0) is 19.1 Å². The largest absolute Gasteiger partial charge is 0.462 e. The second-order valence-corrected chi connectivity index (χ2v) is 3.84. The molecule has 102 valence electrons. The van der Waals surface area contributed by atoms with Gasteiger partial charge in [0.1, 0.15) is 5.57 Å². The molecule has 0 spiro atoms. The predicted octanol–water partition coefficient (Wildman–Crippen LogP) is 1.50. The lowest BCUT2D eigenvalue weighted by molar-refractivity contribution is -0.146. The quantitative estimate of drug-likeness (QED) is 0.237. The van der Waals surface area contributed by atoms with E-state index in [2.05, 4.69) is 0 Å². The second-order valence-electron chi connectivity index (χ2n) is 3.84. The molecule has 0 aliphatic heterocycles. The highest BCUT2D eigenvalue weighted by atomic mass is 16.6. The lowest BCUT2D eigenvalue weighted by Crippen LogP contribution is -2.18. The van der Waals surface area contributed by atoms with Gasteiger partial charge in [-0.05, 0) is 32.4 Å². The van der Waals surface area contributed by atoms with Crippen molar-refractivity contribution in [2.24, 2.45) is 0 Å². The van der Waals surface area contributed by atoms with Crippen LogP contribution in [0.4, 0.5) is 0 Å². The number of ether oxygens (including phenoxy) is 2. The van der Waals surface area contributed by atoms with Crippen LogP contribution in [0, 0.1) is 0 Å². The zero-order chi connectivity index (χ0) is 14.1. The van der Waals surface area contributed by atoms with Crippen molar-refractivity contribution in [2.45, 2.75) is 20.8 Å². The van der Waals surface area contributed by atoms with E-state index in [1.165, 1.54) is 6.08 Å². The number of hydrogen-bond donors (Lipinski definition) is 0. The van der Waals surface area contributed by atoms with E-state index in [0.29, 0.717) is 0 Å². The minimum atomic E-state index is -0.664. The van der Waals surface area contributed by atoms with E-state index in [-0.39, 0.29) is 18.8 Å². The molecule has 0 atom stereocenters. The first-order valence-electron chi connectivity index (χ1n) is 5.83. The van der Waals surface area contributed by atoms with Crippen LogP contribution in [0.2, 0.25) is 0 Å².